The molecule has 2 rings (SSSR count). The summed E-state index contributed by atoms with van der Waals surface area (Å²) in [6, 6.07) is 14.5. The van der Waals surface area contributed by atoms with Crippen LogP contribution in [0.15, 0.2) is 65.8 Å². The molecule has 1 aromatic heterocycles. The Morgan fingerprint density at radius 1 is 1.19 bits per heavy atom. The largest absolute Gasteiger partial charge is 0.463 e. The van der Waals surface area contributed by atoms with Crippen LogP contribution in [-0.2, 0) is 0 Å². The van der Waals surface area contributed by atoms with Crippen molar-refractivity contribution in [2.45, 2.75) is 12.5 Å². The Labute approximate surface area is 95.6 Å². The summed E-state index contributed by atoms with van der Waals surface area (Å²) in [6.07, 6.45) is 4.53. The monoisotopic (exact) mass is 214 g/mol. The summed E-state index contributed by atoms with van der Waals surface area (Å²) < 4.78 is 5.44. The third-order valence-corrected chi connectivity index (χ3v) is 2.52. The van der Waals surface area contributed by atoms with E-state index in [2.05, 4.69) is 24.0 Å². The maximum absolute atomic E-state index is 5.44. The van der Waals surface area contributed by atoms with Gasteiger partial charge in [-0.15, -0.1) is 6.58 Å². The number of para-hydroxylation sites is 1. The molecule has 0 unspecified atom stereocenters. The fraction of sp³-hybridized carbons (Fsp3) is 0.143. The van der Waals surface area contributed by atoms with Gasteiger partial charge in [-0.3, -0.25) is 0 Å². The van der Waals surface area contributed by atoms with Crippen LogP contribution in [0.25, 0.3) is 0 Å². The normalized spacial score (nSPS) is 12.2. The highest BCUT2D eigenvalue weighted by atomic mass is 16.3. The van der Waals surface area contributed by atoms with Gasteiger partial charge in [0.2, 0.25) is 0 Å². The molecule has 0 bridgehead atoms. The zero-order chi connectivity index (χ0) is 11.2. The van der Waals surface area contributed by atoms with Crippen LogP contribution in [0.5, 0.6) is 0 Å². The molecule has 0 fully saturated rings. The second kappa shape index (κ2) is 5.33. The molecule has 0 saturated carbocycles. The summed E-state index contributed by atoms with van der Waals surface area (Å²) in [6.45, 7) is 3.79. The predicted molar refractivity (Wildman–Crippen MR) is 64.3 cm³/mol. The number of quaternary nitrogens is 1. The lowest BCUT2D eigenvalue weighted by Gasteiger charge is -2.10. The summed E-state index contributed by atoms with van der Waals surface area (Å²) in [5, 5.41) is 2.21. The van der Waals surface area contributed by atoms with E-state index in [4.69, 9.17) is 4.42 Å². The Kier molecular flexibility index (Phi) is 3.57. The molecule has 1 atom stereocenters. The molecule has 1 heterocycles. The highest BCUT2D eigenvalue weighted by Gasteiger charge is 2.16. The predicted octanol–water partition coefficient (Wildman–Crippen LogP) is 2.79. The summed E-state index contributed by atoms with van der Waals surface area (Å²) in [5.74, 6) is 0.990. The second-order valence-corrected chi connectivity index (χ2v) is 3.72. The first-order valence-corrected chi connectivity index (χ1v) is 5.44. The Hall–Kier alpha value is -1.80. The van der Waals surface area contributed by atoms with E-state index >= 15 is 0 Å². The van der Waals surface area contributed by atoms with E-state index in [9.17, 15) is 0 Å². The third kappa shape index (κ3) is 2.61. The standard InChI is InChI=1S/C14H15NO/c1-2-7-13(14-10-6-11-16-14)15-12-8-4-3-5-9-12/h2-6,8-11,13,15H,1,7H2/p+1/t13-/m0/s1. The van der Waals surface area contributed by atoms with Crippen LogP contribution in [0, 0.1) is 0 Å². The van der Waals surface area contributed by atoms with E-state index in [1.807, 2.05) is 36.4 Å². The van der Waals surface area contributed by atoms with Gasteiger partial charge in [-0.25, -0.2) is 0 Å². The van der Waals surface area contributed by atoms with Crippen LogP contribution in [0.4, 0.5) is 5.69 Å². The Morgan fingerprint density at radius 3 is 2.62 bits per heavy atom. The minimum atomic E-state index is 0.273. The van der Waals surface area contributed by atoms with Crippen LogP contribution in [0.2, 0.25) is 0 Å². The van der Waals surface area contributed by atoms with Crippen molar-refractivity contribution < 1.29 is 9.73 Å². The van der Waals surface area contributed by atoms with Crippen LogP contribution < -0.4 is 5.32 Å². The zero-order valence-electron chi connectivity index (χ0n) is 9.17. The highest BCUT2D eigenvalue weighted by Crippen LogP contribution is 2.15. The number of nitrogens with two attached hydrogens (primary N) is 1. The average molecular weight is 214 g/mol. The van der Waals surface area contributed by atoms with Gasteiger partial charge in [-0.05, 0) is 24.3 Å². The lowest BCUT2D eigenvalue weighted by molar-refractivity contribution is -0.619. The molecule has 0 radical (unpaired) electrons. The number of hydrogen-bond acceptors (Lipinski definition) is 1. The van der Waals surface area contributed by atoms with E-state index in [0.29, 0.717) is 0 Å². The molecule has 2 aromatic rings. The molecule has 0 amide bonds. The molecule has 82 valence electrons. The maximum Gasteiger partial charge on any atom is 0.161 e. The molecule has 2 nitrogen and oxygen atoms in total. The Bertz CT molecular complexity index is 419. The minimum Gasteiger partial charge on any atom is -0.463 e. The van der Waals surface area contributed by atoms with Gasteiger partial charge >= 0.3 is 0 Å². The average Bonchev–Trinajstić information content (AvgIpc) is 2.83. The van der Waals surface area contributed by atoms with Gasteiger partial charge < -0.3 is 9.73 Å². The summed E-state index contributed by atoms with van der Waals surface area (Å²) in [5.41, 5.74) is 1.21. The first-order valence-electron chi connectivity index (χ1n) is 5.44. The van der Waals surface area contributed by atoms with E-state index in [0.717, 1.165) is 12.2 Å². The van der Waals surface area contributed by atoms with Crippen LogP contribution in [0.3, 0.4) is 0 Å². The smallest absolute Gasteiger partial charge is 0.161 e. The number of rotatable bonds is 5. The van der Waals surface area contributed by atoms with Crippen LogP contribution in [0.1, 0.15) is 18.2 Å². The minimum absolute atomic E-state index is 0.273. The quantitative estimate of drug-likeness (QED) is 0.602. The summed E-state index contributed by atoms with van der Waals surface area (Å²) in [7, 11) is 0. The number of hydrogen-bond donors (Lipinski definition) is 1. The summed E-state index contributed by atoms with van der Waals surface area (Å²) >= 11 is 0. The van der Waals surface area contributed by atoms with Gasteiger partial charge in [0.25, 0.3) is 0 Å². The van der Waals surface area contributed by atoms with Crippen LogP contribution in [-0.4, -0.2) is 0 Å². The van der Waals surface area contributed by atoms with Crippen molar-refractivity contribution in [2.24, 2.45) is 0 Å². The molecular formula is C14H16NO+. The van der Waals surface area contributed by atoms with Gasteiger partial charge in [0.05, 0.1) is 6.26 Å². The molecule has 0 spiro atoms. The molecule has 0 aliphatic heterocycles. The van der Waals surface area contributed by atoms with E-state index in [1.165, 1.54) is 5.69 Å². The molecule has 2 N–H and O–H groups in total. The molecule has 1 aromatic carbocycles. The lowest BCUT2D eigenvalue weighted by Crippen LogP contribution is -2.79. The van der Waals surface area contributed by atoms with Crippen molar-refractivity contribution in [1.29, 1.82) is 0 Å². The molecular weight excluding hydrogens is 198 g/mol. The summed E-state index contributed by atoms with van der Waals surface area (Å²) in [4.78, 5) is 0. The molecule has 16 heavy (non-hydrogen) atoms. The van der Waals surface area contributed by atoms with Gasteiger partial charge in [0.1, 0.15) is 5.69 Å². The molecule has 0 aliphatic carbocycles. The van der Waals surface area contributed by atoms with Gasteiger partial charge in [0.15, 0.2) is 11.8 Å². The van der Waals surface area contributed by atoms with Crippen molar-refractivity contribution in [1.82, 2.24) is 0 Å². The first kappa shape index (κ1) is 10.7. The topological polar surface area (TPSA) is 29.8 Å². The Balaban J connectivity index is 2.12. The zero-order valence-corrected chi connectivity index (χ0v) is 9.17. The SMILES string of the molecule is C=CC[C@H]([NH2+]c1ccccc1)c1ccco1. The third-order valence-electron chi connectivity index (χ3n) is 2.52. The fourth-order valence-electron chi connectivity index (χ4n) is 1.74. The highest BCUT2D eigenvalue weighted by molar-refractivity contribution is 5.27. The van der Waals surface area contributed by atoms with Gasteiger partial charge in [-0.1, -0.05) is 24.3 Å². The van der Waals surface area contributed by atoms with Crippen LogP contribution >= 0.6 is 0 Å². The van der Waals surface area contributed by atoms with Gasteiger partial charge in [0, 0.05) is 6.42 Å². The maximum atomic E-state index is 5.44. The number of benzene rings is 1. The van der Waals surface area contributed by atoms with Crippen molar-refractivity contribution in [3.8, 4) is 0 Å². The van der Waals surface area contributed by atoms with Crippen molar-refractivity contribution in [3.63, 3.8) is 0 Å². The van der Waals surface area contributed by atoms with Crippen molar-refractivity contribution >= 4 is 5.69 Å². The Morgan fingerprint density at radius 2 is 2.00 bits per heavy atom. The van der Waals surface area contributed by atoms with E-state index in [-0.39, 0.29) is 6.04 Å². The number of furan rings is 1. The van der Waals surface area contributed by atoms with Gasteiger partial charge in [-0.2, -0.15) is 0 Å². The van der Waals surface area contributed by atoms with E-state index in [1.54, 1.807) is 6.26 Å². The molecule has 2 heteroatoms. The first-order chi connectivity index (χ1) is 7.90. The lowest BCUT2D eigenvalue weighted by atomic mass is 10.1. The second-order valence-electron chi connectivity index (χ2n) is 3.72. The van der Waals surface area contributed by atoms with Crippen molar-refractivity contribution in [2.75, 3.05) is 0 Å². The van der Waals surface area contributed by atoms with E-state index < -0.39 is 0 Å². The van der Waals surface area contributed by atoms with Crippen molar-refractivity contribution in [3.05, 3.63) is 67.1 Å². The molecule has 0 saturated heterocycles. The molecule has 0 aliphatic rings. The fourth-order valence-corrected chi connectivity index (χ4v) is 1.74.